The summed E-state index contributed by atoms with van der Waals surface area (Å²) in [5, 5.41) is 4.24. The van der Waals surface area contributed by atoms with E-state index < -0.39 is 0 Å². The second-order valence-electron chi connectivity index (χ2n) is 5.19. The number of piperidine rings is 1. The third-order valence-electron chi connectivity index (χ3n) is 3.73. The van der Waals surface area contributed by atoms with Gasteiger partial charge in [-0.05, 0) is 37.9 Å². The molecular formula is C16H25ClN2O. The van der Waals surface area contributed by atoms with Crippen molar-refractivity contribution in [1.82, 2.24) is 5.32 Å². The zero-order valence-corrected chi connectivity index (χ0v) is 13.2. The molecule has 1 heterocycles. The first-order chi connectivity index (χ1) is 9.76. The molecular weight excluding hydrogens is 272 g/mol. The number of anilines is 1. The van der Waals surface area contributed by atoms with E-state index in [9.17, 15) is 0 Å². The molecule has 3 nitrogen and oxygen atoms in total. The average molecular weight is 297 g/mol. The van der Waals surface area contributed by atoms with Gasteiger partial charge < -0.3 is 15.0 Å². The second-order valence-corrected chi connectivity index (χ2v) is 5.60. The number of hydrogen-bond acceptors (Lipinski definition) is 3. The Hall–Kier alpha value is -0.770. The molecule has 0 spiro atoms. The predicted octanol–water partition coefficient (Wildman–Crippen LogP) is 3.45. The molecule has 0 bridgehead atoms. The number of benzene rings is 1. The maximum absolute atomic E-state index is 6.46. The molecule has 1 fully saturated rings. The molecule has 1 aromatic rings. The summed E-state index contributed by atoms with van der Waals surface area (Å²) >= 11 is 6.46. The Morgan fingerprint density at radius 3 is 3.00 bits per heavy atom. The summed E-state index contributed by atoms with van der Waals surface area (Å²) in [7, 11) is 0. The maximum atomic E-state index is 6.46. The molecule has 0 saturated carbocycles. The highest BCUT2D eigenvalue weighted by Crippen LogP contribution is 2.32. The Balaban J connectivity index is 2.17. The number of halogens is 1. The molecule has 0 radical (unpaired) electrons. The monoisotopic (exact) mass is 296 g/mol. The normalized spacial score (nSPS) is 19.4. The SMILES string of the molecule is CCNCc1cccc(Cl)c1N1CCCC(OCC)C1. The van der Waals surface area contributed by atoms with Crippen LogP contribution in [0.1, 0.15) is 32.3 Å². The Morgan fingerprint density at radius 1 is 1.40 bits per heavy atom. The zero-order valence-electron chi connectivity index (χ0n) is 12.5. The fraction of sp³-hybridized carbons (Fsp3) is 0.625. The van der Waals surface area contributed by atoms with Crippen molar-refractivity contribution in [2.75, 3.05) is 31.1 Å². The third-order valence-corrected chi connectivity index (χ3v) is 4.04. The standard InChI is InChI=1S/C16H25ClN2O/c1-3-18-11-13-7-5-9-15(17)16(13)19-10-6-8-14(12-19)20-4-2/h5,7,9,14,18H,3-4,6,8,10-12H2,1-2H3. The third kappa shape index (κ3) is 3.87. The van der Waals surface area contributed by atoms with Gasteiger partial charge in [-0.25, -0.2) is 0 Å². The van der Waals surface area contributed by atoms with E-state index in [0.717, 1.165) is 50.7 Å². The number of rotatable bonds is 6. The van der Waals surface area contributed by atoms with E-state index in [1.807, 2.05) is 12.1 Å². The van der Waals surface area contributed by atoms with Gasteiger partial charge >= 0.3 is 0 Å². The molecule has 112 valence electrons. The Morgan fingerprint density at radius 2 is 2.25 bits per heavy atom. The Bertz CT molecular complexity index is 423. The largest absolute Gasteiger partial charge is 0.377 e. The summed E-state index contributed by atoms with van der Waals surface area (Å²) in [5.41, 5.74) is 2.45. The summed E-state index contributed by atoms with van der Waals surface area (Å²) in [6, 6.07) is 6.17. The zero-order chi connectivity index (χ0) is 14.4. The fourth-order valence-electron chi connectivity index (χ4n) is 2.83. The summed E-state index contributed by atoms with van der Waals surface area (Å²) < 4.78 is 5.80. The molecule has 0 aliphatic carbocycles. The molecule has 4 heteroatoms. The van der Waals surface area contributed by atoms with Crippen molar-refractivity contribution in [3.05, 3.63) is 28.8 Å². The molecule has 1 N–H and O–H groups in total. The van der Waals surface area contributed by atoms with Crippen molar-refractivity contribution >= 4 is 17.3 Å². The molecule has 1 atom stereocenters. The quantitative estimate of drug-likeness (QED) is 0.870. The molecule has 1 aliphatic rings. The number of nitrogens with one attached hydrogen (secondary N) is 1. The van der Waals surface area contributed by atoms with Crippen molar-refractivity contribution in [2.45, 2.75) is 39.3 Å². The van der Waals surface area contributed by atoms with Crippen molar-refractivity contribution in [3.8, 4) is 0 Å². The van der Waals surface area contributed by atoms with Crippen LogP contribution in [-0.4, -0.2) is 32.3 Å². The van der Waals surface area contributed by atoms with Crippen LogP contribution < -0.4 is 10.2 Å². The van der Waals surface area contributed by atoms with Gasteiger partial charge in [0.2, 0.25) is 0 Å². The predicted molar refractivity (Wildman–Crippen MR) is 85.7 cm³/mol. The lowest BCUT2D eigenvalue weighted by Crippen LogP contribution is -2.40. The summed E-state index contributed by atoms with van der Waals surface area (Å²) in [5.74, 6) is 0. The summed E-state index contributed by atoms with van der Waals surface area (Å²) in [6.07, 6.45) is 2.64. The van der Waals surface area contributed by atoms with Gasteiger partial charge in [-0.2, -0.15) is 0 Å². The Labute approximate surface area is 127 Å². The lowest BCUT2D eigenvalue weighted by molar-refractivity contribution is 0.0526. The highest BCUT2D eigenvalue weighted by molar-refractivity contribution is 6.33. The van der Waals surface area contributed by atoms with Crippen LogP contribution in [0, 0.1) is 0 Å². The molecule has 1 saturated heterocycles. The van der Waals surface area contributed by atoms with E-state index in [1.165, 1.54) is 11.3 Å². The Kier molecular flexibility index (Phi) is 6.14. The van der Waals surface area contributed by atoms with Crippen molar-refractivity contribution < 1.29 is 4.74 Å². The van der Waals surface area contributed by atoms with Crippen LogP contribution in [0.3, 0.4) is 0 Å². The van der Waals surface area contributed by atoms with Crippen LogP contribution in [-0.2, 0) is 11.3 Å². The van der Waals surface area contributed by atoms with Gasteiger partial charge in [0.05, 0.1) is 16.8 Å². The van der Waals surface area contributed by atoms with E-state index >= 15 is 0 Å². The van der Waals surface area contributed by atoms with E-state index in [4.69, 9.17) is 16.3 Å². The molecule has 2 rings (SSSR count). The molecule has 1 unspecified atom stereocenters. The summed E-state index contributed by atoms with van der Waals surface area (Å²) in [4.78, 5) is 2.39. The van der Waals surface area contributed by atoms with Crippen LogP contribution in [0.4, 0.5) is 5.69 Å². The number of ether oxygens (including phenoxy) is 1. The van der Waals surface area contributed by atoms with E-state index in [-0.39, 0.29) is 0 Å². The van der Waals surface area contributed by atoms with Gasteiger partial charge in [-0.15, -0.1) is 0 Å². The van der Waals surface area contributed by atoms with Crippen LogP contribution in [0.15, 0.2) is 18.2 Å². The van der Waals surface area contributed by atoms with Crippen LogP contribution in [0.25, 0.3) is 0 Å². The molecule has 1 aromatic carbocycles. The van der Waals surface area contributed by atoms with Gasteiger partial charge in [0.1, 0.15) is 0 Å². The smallest absolute Gasteiger partial charge is 0.0750 e. The highest BCUT2D eigenvalue weighted by atomic mass is 35.5. The second kappa shape index (κ2) is 7.87. The van der Waals surface area contributed by atoms with Gasteiger partial charge in [0.25, 0.3) is 0 Å². The van der Waals surface area contributed by atoms with Gasteiger partial charge in [-0.3, -0.25) is 0 Å². The molecule has 1 aliphatic heterocycles. The van der Waals surface area contributed by atoms with Crippen LogP contribution in [0.2, 0.25) is 5.02 Å². The maximum Gasteiger partial charge on any atom is 0.0750 e. The first kappa shape index (κ1) is 15.6. The molecule has 20 heavy (non-hydrogen) atoms. The first-order valence-corrected chi connectivity index (χ1v) is 7.98. The first-order valence-electron chi connectivity index (χ1n) is 7.60. The molecule has 0 amide bonds. The highest BCUT2D eigenvalue weighted by Gasteiger charge is 2.23. The van der Waals surface area contributed by atoms with E-state index in [2.05, 4.69) is 30.1 Å². The van der Waals surface area contributed by atoms with E-state index in [0.29, 0.717) is 6.10 Å². The van der Waals surface area contributed by atoms with Crippen molar-refractivity contribution in [1.29, 1.82) is 0 Å². The average Bonchev–Trinajstić information content (AvgIpc) is 2.46. The van der Waals surface area contributed by atoms with Gasteiger partial charge in [-0.1, -0.05) is 30.7 Å². The number of para-hydroxylation sites is 1. The van der Waals surface area contributed by atoms with Crippen molar-refractivity contribution in [3.63, 3.8) is 0 Å². The minimum atomic E-state index is 0.331. The van der Waals surface area contributed by atoms with Crippen LogP contribution >= 0.6 is 11.6 Å². The minimum Gasteiger partial charge on any atom is -0.377 e. The fourth-order valence-corrected chi connectivity index (χ4v) is 3.14. The van der Waals surface area contributed by atoms with Crippen LogP contribution in [0.5, 0.6) is 0 Å². The molecule has 0 aromatic heterocycles. The number of nitrogens with zero attached hydrogens (tertiary/aromatic N) is 1. The number of hydrogen-bond donors (Lipinski definition) is 1. The van der Waals surface area contributed by atoms with Crippen molar-refractivity contribution in [2.24, 2.45) is 0 Å². The lowest BCUT2D eigenvalue weighted by atomic mass is 10.0. The summed E-state index contributed by atoms with van der Waals surface area (Å²) in [6.45, 7) is 8.80. The topological polar surface area (TPSA) is 24.5 Å². The van der Waals surface area contributed by atoms with E-state index in [1.54, 1.807) is 0 Å². The van der Waals surface area contributed by atoms with Gasteiger partial charge in [0, 0.05) is 26.2 Å². The minimum absolute atomic E-state index is 0.331. The van der Waals surface area contributed by atoms with Gasteiger partial charge in [0.15, 0.2) is 0 Å². The lowest BCUT2D eigenvalue weighted by Gasteiger charge is -2.36.